The van der Waals surface area contributed by atoms with Gasteiger partial charge >= 0.3 is 5.97 Å². The highest BCUT2D eigenvalue weighted by Gasteiger charge is 2.57. The molecule has 2 aliphatic heterocycles. The van der Waals surface area contributed by atoms with Crippen molar-refractivity contribution in [2.45, 2.75) is 37.3 Å². The molecule has 27 heavy (non-hydrogen) atoms. The second-order valence-corrected chi connectivity index (χ2v) is 7.75. The molecule has 0 radical (unpaired) electrons. The van der Waals surface area contributed by atoms with Crippen LogP contribution in [0, 0.1) is 0 Å². The number of rotatable bonds is 3. The number of esters is 1. The first-order chi connectivity index (χ1) is 13.2. The summed E-state index contributed by atoms with van der Waals surface area (Å²) in [5.41, 5.74) is 5.61. The topological polar surface area (TPSA) is 41.6 Å². The number of hydrogen-bond donors (Lipinski definition) is 1. The van der Waals surface area contributed by atoms with Gasteiger partial charge in [-0.1, -0.05) is 48.5 Å². The number of methoxy groups -OCH3 is 1. The van der Waals surface area contributed by atoms with Crippen LogP contribution in [0.5, 0.6) is 0 Å². The zero-order valence-corrected chi connectivity index (χ0v) is 15.6. The molecule has 2 aromatic rings. The van der Waals surface area contributed by atoms with Gasteiger partial charge in [-0.3, -0.25) is 4.90 Å². The maximum Gasteiger partial charge on any atom is 0.335 e. The van der Waals surface area contributed by atoms with Crippen LogP contribution in [0.3, 0.4) is 0 Å². The summed E-state index contributed by atoms with van der Waals surface area (Å²) in [6.45, 7) is 1.99. The van der Waals surface area contributed by atoms with Crippen LogP contribution in [0.2, 0.25) is 0 Å². The predicted octanol–water partition coefficient (Wildman–Crippen LogP) is 3.85. The molecule has 2 atom stereocenters. The van der Waals surface area contributed by atoms with Crippen LogP contribution in [-0.4, -0.2) is 30.6 Å². The number of hydrogen-bond acceptors (Lipinski definition) is 4. The number of anilines is 1. The number of carbonyl (C=O) groups excluding carboxylic acids is 1. The minimum atomic E-state index is -0.190. The maximum atomic E-state index is 12.5. The van der Waals surface area contributed by atoms with Crippen molar-refractivity contribution >= 4 is 11.7 Å². The number of nitrogens with one attached hydrogen (secondary N) is 1. The molecule has 4 nitrogen and oxygen atoms in total. The zero-order valence-electron chi connectivity index (χ0n) is 15.6. The van der Waals surface area contributed by atoms with Gasteiger partial charge in [0, 0.05) is 30.5 Å². The Morgan fingerprint density at radius 3 is 2.78 bits per heavy atom. The van der Waals surface area contributed by atoms with Gasteiger partial charge in [0.1, 0.15) is 0 Å². The lowest BCUT2D eigenvalue weighted by atomic mass is 9.67. The van der Waals surface area contributed by atoms with Gasteiger partial charge in [0.15, 0.2) is 0 Å². The van der Waals surface area contributed by atoms with Gasteiger partial charge in [-0.25, -0.2) is 4.79 Å². The van der Waals surface area contributed by atoms with E-state index in [4.69, 9.17) is 4.74 Å². The van der Waals surface area contributed by atoms with Gasteiger partial charge in [-0.05, 0) is 36.5 Å². The Bertz CT molecular complexity index is 921. The summed E-state index contributed by atoms with van der Waals surface area (Å²) in [5, 5.41) is 3.60. The molecule has 0 aromatic heterocycles. The number of nitrogens with zero attached hydrogens (tertiary/aromatic N) is 1. The van der Waals surface area contributed by atoms with Crippen LogP contribution < -0.4 is 5.32 Å². The van der Waals surface area contributed by atoms with Crippen molar-refractivity contribution in [3.8, 4) is 0 Å². The second kappa shape index (κ2) is 6.24. The Morgan fingerprint density at radius 1 is 1.19 bits per heavy atom. The fourth-order valence-electron chi connectivity index (χ4n) is 5.44. The fourth-order valence-corrected chi connectivity index (χ4v) is 5.44. The van der Waals surface area contributed by atoms with E-state index in [2.05, 4.69) is 64.8 Å². The van der Waals surface area contributed by atoms with Crippen LogP contribution in [0.15, 0.2) is 65.9 Å². The average molecular weight is 360 g/mol. The first-order valence-corrected chi connectivity index (χ1v) is 9.70. The molecule has 2 heterocycles. The number of carbonyl (C=O) groups is 1. The Hall–Kier alpha value is -2.59. The van der Waals surface area contributed by atoms with Gasteiger partial charge in [0.05, 0.1) is 18.1 Å². The Morgan fingerprint density at radius 2 is 1.96 bits per heavy atom. The van der Waals surface area contributed by atoms with Crippen molar-refractivity contribution in [1.29, 1.82) is 0 Å². The van der Waals surface area contributed by atoms with Crippen molar-refractivity contribution in [2.24, 2.45) is 0 Å². The standard InChI is InChI=1S/C23H24N2O2/c1-27-22(26)17-11-12-20-23(18-9-5-6-10-19(18)24-21(17)23)13-14-25(20)15-16-7-3-2-4-8-16/h2-10,20,24H,11-15H2,1H3. The summed E-state index contributed by atoms with van der Waals surface area (Å²) < 4.78 is 5.11. The highest BCUT2D eigenvalue weighted by molar-refractivity contribution is 5.92. The minimum absolute atomic E-state index is 0.118. The second-order valence-electron chi connectivity index (χ2n) is 7.75. The number of ether oxygens (including phenoxy) is 1. The fraction of sp³-hybridized carbons (Fsp3) is 0.348. The van der Waals surface area contributed by atoms with Gasteiger partial charge in [-0.2, -0.15) is 0 Å². The van der Waals surface area contributed by atoms with Gasteiger partial charge < -0.3 is 10.1 Å². The summed E-state index contributed by atoms with van der Waals surface area (Å²) in [6.07, 6.45) is 2.78. The van der Waals surface area contributed by atoms with Crippen molar-refractivity contribution in [1.82, 2.24) is 4.90 Å². The number of para-hydroxylation sites is 1. The molecule has 3 aliphatic rings. The van der Waals surface area contributed by atoms with Crippen LogP contribution in [-0.2, 0) is 21.5 Å². The predicted molar refractivity (Wildman–Crippen MR) is 105 cm³/mol. The van der Waals surface area contributed by atoms with Crippen molar-refractivity contribution < 1.29 is 9.53 Å². The summed E-state index contributed by atoms with van der Waals surface area (Å²) in [5.74, 6) is -0.190. The first kappa shape index (κ1) is 16.6. The van der Waals surface area contributed by atoms with Crippen LogP contribution in [0.4, 0.5) is 5.69 Å². The Kier molecular flexibility index (Phi) is 3.83. The third kappa shape index (κ3) is 2.36. The van der Waals surface area contributed by atoms with E-state index in [1.807, 2.05) is 0 Å². The molecule has 138 valence electrons. The lowest BCUT2D eigenvalue weighted by Gasteiger charge is -2.41. The number of fused-ring (bicyclic) bond motifs is 1. The molecule has 1 N–H and O–H groups in total. The van der Waals surface area contributed by atoms with Crippen molar-refractivity contribution in [3.63, 3.8) is 0 Å². The highest BCUT2D eigenvalue weighted by atomic mass is 16.5. The summed E-state index contributed by atoms with van der Waals surface area (Å²) >= 11 is 0. The van der Waals surface area contributed by atoms with Gasteiger partial charge in [-0.15, -0.1) is 0 Å². The summed E-state index contributed by atoms with van der Waals surface area (Å²) in [7, 11) is 1.48. The van der Waals surface area contributed by atoms with E-state index in [-0.39, 0.29) is 11.4 Å². The zero-order chi connectivity index (χ0) is 18.4. The van der Waals surface area contributed by atoms with Crippen molar-refractivity contribution in [2.75, 3.05) is 19.0 Å². The summed E-state index contributed by atoms with van der Waals surface area (Å²) in [4.78, 5) is 15.1. The number of likely N-dealkylation sites (tertiary alicyclic amines) is 1. The van der Waals surface area contributed by atoms with Gasteiger partial charge in [0.2, 0.25) is 0 Å². The molecular weight excluding hydrogens is 336 g/mol. The molecular formula is C23H24N2O2. The molecule has 0 bridgehead atoms. The maximum absolute atomic E-state index is 12.5. The normalized spacial score (nSPS) is 26.2. The molecule has 1 saturated heterocycles. The van der Waals surface area contributed by atoms with Crippen LogP contribution in [0.25, 0.3) is 0 Å². The molecule has 4 heteroatoms. The van der Waals surface area contributed by atoms with Crippen molar-refractivity contribution in [3.05, 3.63) is 77.0 Å². The molecule has 1 aliphatic carbocycles. The highest BCUT2D eigenvalue weighted by Crippen LogP contribution is 2.57. The Labute approximate surface area is 159 Å². The van der Waals surface area contributed by atoms with Crippen LogP contribution >= 0.6 is 0 Å². The van der Waals surface area contributed by atoms with E-state index >= 15 is 0 Å². The quantitative estimate of drug-likeness (QED) is 0.845. The van der Waals surface area contributed by atoms with Gasteiger partial charge in [0.25, 0.3) is 0 Å². The molecule has 0 amide bonds. The largest absolute Gasteiger partial charge is 0.466 e. The van der Waals surface area contributed by atoms with E-state index in [1.165, 1.54) is 18.2 Å². The van der Waals surface area contributed by atoms with E-state index in [1.54, 1.807) is 0 Å². The van der Waals surface area contributed by atoms with E-state index in [9.17, 15) is 4.79 Å². The first-order valence-electron chi connectivity index (χ1n) is 9.70. The summed E-state index contributed by atoms with van der Waals surface area (Å²) in [6, 6.07) is 19.6. The molecule has 2 aromatic carbocycles. The third-order valence-corrected chi connectivity index (χ3v) is 6.55. The lowest BCUT2D eigenvalue weighted by molar-refractivity contribution is -0.136. The molecule has 2 unspecified atom stereocenters. The molecule has 1 fully saturated rings. The monoisotopic (exact) mass is 360 g/mol. The smallest absolute Gasteiger partial charge is 0.335 e. The van der Waals surface area contributed by atoms with E-state index < -0.39 is 0 Å². The Balaban J connectivity index is 1.60. The SMILES string of the molecule is COC(=O)C1=C2Nc3ccccc3C23CCN(Cc2ccccc2)C3CC1. The van der Waals surface area contributed by atoms with E-state index in [0.29, 0.717) is 6.04 Å². The van der Waals surface area contributed by atoms with Crippen LogP contribution in [0.1, 0.15) is 30.4 Å². The average Bonchev–Trinajstić information content (AvgIpc) is 3.25. The molecule has 1 spiro atoms. The number of benzene rings is 2. The third-order valence-electron chi connectivity index (χ3n) is 6.55. The van der Waals surface area contributed by atoms with E-state index in [0.717, 1.165) is 49.3 Å². The molecule has 5 rings (SSSR count). The molecule has 0 saturated carbocycles. The minimum Gasteiger partial charge on any atom is -0.466 e. The lowest BCUT2D eigenvalue weighted by Crippen LogP contribution is -2.46.